The fourth-order valence-electron chi connectivity index (χ4n) is 1.78. The molecule has 1 saturated carbocycles. The summed E-state index contributed by atoms with van der Waals surface area (Å²) in [7, 11) is 0. The standard InChI is InChI=1S/C14H14Br2O3S2/c1-3-19-6-8(10(17)7-4-5-7)11(18)13-12(20-2)9(15)14(16)21-13/h6-7H,3-5H2,1-2H3. The van der Waals surface area contributed by atoms with Gasteiger partial charge < -0.3 is 4.74 Å². The monoisotopic (exact) mass is 452 g/mol. The zero-order valence-corrected chi connectivity index (χ0v) is 16.4. The van der Waals surface area contributed by atoms with Crippen LogP contribution in [0.5, 0.6) is 0 Å². The first-order valence-corrected chi connectivity index (χ1v) is 10.1. The van der Waals surface area contributed by atoms with Gasteiger partial charge in [0.1, 0.15) is 5.57 Å². The summed E-state index contributed by atoms with van der Waals surface area (Å²) in [5.41, 5.74) is 0.163. The van der Waals surface area contributed by atoms with E-state index in [-0.39, 0.29) is 23.1 Å². The number of thiophene rings is 1. The van der Waals surface area contributed by atoms with E-state index in [0.29, 0.717) is 11.5 Å². The Bertz CT molecular complexity index is 604. The summed E-state index contributed by atoms with van der Waals surface area (Å²) in [6.45, 7) is 2.26. The van der Waals surface area contributed by atoms with Crippen LogP contribution in [-0.2, 0) is 9.53 Å². The largest absolute Gasteiger partial charge is 0.501 e. The van der Waals surface area contributed by atoms with E-state index in [0.717, 1.165) is 26.0 Å². The lowest BCUT2D eigenvalue weighted by molar-refractivity contribution is -0.116. The summed E-state index contributed by atoms with van der Waals surface area (Å²) in [4.78, 5) is 26.5. The van der Waals surface area contributed by atoms with Crippen LogP contribution in [0.1, 0.15) is 29.4 Å². The molecule has 3 nitrogen and oxygen atoms in total. The van der Waals surface area contributed by atoms with E-state index < -0.39 is 0 Å². The highest BCUT2D eigenvalue weighted by atomic mass is 79.9. The van der Waals surface area contributed by atoms with Crippen molar-refractivity contribution in [3.05, 3.63) is 25.0 Å². The third-order valence-corrected chi connectivity index (χ3v) is 7.66. The van der Waals surface area contributed by atoms with Crippen LogP contribution in [-0.4, -0.2) is 24.4 Å². The van der Waals surface area contributed by atoms with Crippen LogP contribution in [0.3, 0.4) is 0 Å². The predicted molar refractivity (Wildman–Crippen MR) is 93.3 cm³/mol. The van der Waals surface area contributed by atoms with Gasteiger partial charge in [0.05, 0.1) is 26.0 Å². The Labute approximate surface area is 148 Å². The first-order valence-electron chi connectivity index (χ1n) is 6.43. The van der Waals surface area contributed by atoms with Crippen LogP contribution < -0.4 is 0 Å². The quantitative estimate of drug-likeness (QED) is 0.144. The SMILES string of the molecule is CCOC=C(C(=O)c1sc(Br)c(Br)c1SC)C(=O)C1CC1. The average molecular weight is 454 g/mol. The summed E-state index contributed by atoms with van der Waals surface area (Å²) < 4.78 is 6.93. The van der Waals surface area contributed by atoms with Crippen molar-refractivity contribution in [2.45, 2.75) is 24.7 Å². The number of thioether (sulfide) groups is 1. The van der Waals surface area contributed by atoms with Gasteiger partial charge in [0, 0.05) is 10.8 Å². The second kappa shape index (κ2) is 7.44. The van der Waals surface area contributed by atoms with Crippen LogP contribution >= 0.6 is 55.0 Å². The smallest absolute Gasteiger partial charge is 0.210 e. The number of Topliss-reactive ketones (excluding diaryl/α,β-unsaturated/α-hetero) is 2. The Balaban J connectivity index is 2.38. The third-order valence-electron chi connectivity index (χ3n) is 3.01. The lowest BCUT2D eigenvalue weighted by atomic mass is 10.0. The zero-order valence-electron chi connectivity index (χ0n) is 11.6. The first kappa shape index (κ1) is 17.2. The number of ketones is 2. The van der Waals surface area contributed by atoms with Crippen molar-refractivity contribution in [2.75, 3.05) is 12.9 Å². The molecular weight excluding hydrogens is 440 g/mol. The van der Waals surface area contributed by atoms with E-state index in [1.165, 1.54) is 29.4 Å². The molecule has 2 rings (SSSR count). The fourth-order valence-corrected chi connectivity index (χ4v) is 5.42. The Morgan fingerprint density at radius 3 is 2.62 bits per heavy atom. The van der Waals surface area contributed by atoms with Crippen LogP contribution in [0.4, 0.5) is 0 Å². The lowest BCUT2D eigenvalue weighted by Crippen LogP contribution is -2.15. The molecule has 0 amide bonds. The van der Waals surface area contributed by atoms with Gasteiger partial charge in [0.25, 0.3) is 0 Å². The number of halogens is 2. The number of allylic oxidation sites excluding steroid dienone is 1. The highest BCUT2D eigenvalue weighted by molar-refractivity contribution is 9.13. The molecule has 1 fully saturated rings. The molecule has 0 unspecified atom stereocenters. The summed E-state index contributed by atoms with van der Waals surface area (Å²) in [6, 6.07) is 0. The van der Waals surface area contributed by atoms with Gasteiger partial charge in [-0.1, -0.05) is 0 Å². The first-order chi connectivity index (χ1) is 10.0. The topological polar surface area (TPSA) is 43.4 Å². The molecule has 7 heteroatoms. The van der Waals surface area contributed by atoms with Crippen molar-refractivity contribution in [1.82, 2.24) is 0 Å². The molecule has 1 aliphatic rings. The van der Waals surface area contributed by atoms with Crippen molar-refractivity contribution in [3.63, 3.8) is 0 Å². The number of carbonyl (C=O) groups excluding carboxylic acids is 2. The minimum absolute atomic E-state index is 0.00905. The van der Waals surface area contributed by atoms with Crippen molar-refractivity contribution in [3.8, 4) is 0 Å². The summed E-state index contributed by atoms with van der Waals surface area (Å²) >= 11 is 9.71. The summed E-state index contributed by atoms with van der Waals surface area (Å²) in [5.74, 6) is -0.354. The van der Waals surface area contributed by atoms with Crippen molar-refractivity contribution >= 4 is 66.5 Å². The van der Waals surface area contributed by atoms with Gasteiger partial charge in [-0.15, -0.1) is 23.1 Å². The van der Waals surface area contributed by atoms with Gasteiger partial charge in [-0.25, -0.2) is 0 Å². The molecule has 0 bridgehead atoms. The van der Waals surface area contributed by atoms with Crippen molar-refractivity contribution < 1.29 is 14.3 Å². The number of hydrogen-bond acceptors (Lipinski definition) is 5. The number of rotatable bonds is 7. The minimum atomic E-state index is -0.249. The van der Waals surface area contributed by atoms with E-state index in [1.54, 1.807) is 0 Å². The molecule has 114 valence electrons. The van der Waals surface area contributed by atoms with Gasteiger partial charge >= 0.3 is 0 Å². The molecule has 1 aliphatic carbocycles. The highest BCUT2D eigenvalue weighted by Gasteiger charge is 2.36. The molecular formula is C14H14Br2O3S2. The maximum absolute atomic E-state index is 12.8. The van der Waals surface area contributed by atoms with Gasteiger partial charge in [0.2, 0.25) is 5.78 Å². The Hall–Kier alpha value is -0.110. The van der Waals surface area contributed by atoms with Crippen LogP contribution in [0.25, 0.3) is 0 Å². The summed E-state index contributed by atoms with van der Waals surface area (Å²) in [6.07, 6.45) is 4.96. The molecule has 0 radical (unpaired) electrons. The van der Waals surface area contributed by atoms with Crippen LogP contribution in [0.15, 0.2) is 25.0 Å². The van der Waals surface area contributed by atoms with E-state index in [1.807, 2.05) is 13.2 Å². The normalized spacial score (nSPS) is 15.1. The Kier molecular flexibility index (Phi) is 6.11. The number of hydrogen-bond donors (Lipinski definition) is 0. The van der Waals surface area contributed by atoms with E-state index in [4.69, 9.17) is 4.74 Å². The Morgan fingerprint density at radius 2 is 2.10 bits per heavy atom. The number of carbonyl (C=O) groups is 2. The maximum atomic E-state index is 12.8. The van der Waals surface area contributed by atoms with Gasteiger partial charge in [-0.05, 0) is 57.9 Å². The predicted octanol–water partition coefficient (Wildman–Crippen LogP) is 5.08. The third kappa shape index (κ3) is 3.81. The molecule has 0 N–H and O–H groups in total. The number of ether oxygens (including phenoxy) is 1. The van der Waals surface area contributed by atoms with Crippen LogP contribution in [0, 0.1) is 5.92 Å². The fraction of sp³-hybridized carbons (Fsp3) is 0.429. The van der Waals surface area contributed by atoms with E-state index in [9.17, 15) is 9.59 Å². The van der Waals surface area contributed by atoms with Gasteiger partial charge in [-0.2, -0.15) is 0 Å². The molecule has 0 atom stereocenters. The van der Waals surface area contributed by atoms with Crippen LogP contribution in [0.2, 0.25) is 0 Å². The molecule has 1 aromatic heterocycles. The van der Waals surface area contributed by atoms with E-state index in [2.05, 4.69) is 31.9 Å². The lowest BCUT2D eigenvalue weighted by Gasteiger charge is -2.06. The highest BCUT2D eigenvalue weighted by Crippen LogP contribution is 2.44. The molecule has 0 aliphatic heterocycles. The average Bonchev–Trinajstić information content (AvgIpc) is 3.27. The second-order valence-electron chi connectivity index (χ2n) is 4.51. The van der Waals surface area contributed by atoms with Gasteiger partial charge in [0.15, 0.2) is 5.78 Å². The molecule has 1 heterocycles. The molecule has 0 saturated heterocycles. The molecule has 0 spiro atoms. The summed E-state index contributed by atoms with van der Waals surface area (Å²) in [5, 5.41) is 0. The molecule has 21 heavy (non-hydrogen) atoms. The minimum Gasteiger partial charge on any atom is -0.501 e. The van der Waals surface area contributed by atoms with Crippen molar-refractivity contribution in [2.24, 2.45) is 5.92 Å². The molecule has 0 aromatic carbocycles. The molecule has 1 aromatic rings. The Morgan fingerprint density at radius 1 is 1.43 bits per heavy atom. The van der Waals surface area contributed by atoms with Gasteiger partial charge in [-0.3, -0.25) is 9.59 Å². The van der Waals surface area contributed by atoms with Crippen molar-refractivity contribution in [1.29, 1.82) is 0 Å². The van der Waals surface area contributed by atoms with E-state index >= 15 is 0 Å². The maximum Gasteiger partial charge on any atom is 0.210 e. The zero-order chi connectivity index (χ0) is 15.6. The second-order valence-corrected chi connectivity index (χ2v) is 8.45.